The molecule has 0 radical (unpaired) electrons. The van der Waals surface area contributed by atoms with Gasteiger partial charge in [-0.3, -0.25) is 14.2 Å². The molecule has 3 rings (SSSR count). The summed E-state index contributed by atoms with van der Waals surface area (Å²) in [5.74, 6) is 0.368. The van der Waals surface area contributed by atoms with E-state index >= 15 is 0 Å². The Bertz CT molecular complexity index is 792. The van der Waals surface area contributed by atoms with E-state index < -0.39 is 0 Å². The lowest BCUT2D eigenvalue weighted by molar-refractivity contribution is -0.133. The van der Waals surface area contributed by atoms with Crippen molar-refractivity contribution < 1.29 is 9.90 Å². The highest BCUT2D eigenvalue weighted by Gasteiger charge is 2.22. The van der Waals surface area contributed by atoms with Gasteiger partial charge in [0, 0.05) is 32.7 Å². The summed E-state index contributed by atoms with van der Waals surface area (Å²) in [6, 6.07) is 5.55. The third kappa shape index (κ3) is 3.33. The number of aliphatic hydroxyl groups excluding tert-OH is 1. The Kier molecular flexibility index (Phi) is 4.94. The highest BCUT2D eigenvalue weighted by molar-refractivity contribution is 5.80. The summed E-state index contributed by atoms with van der Waals surface area (Å²) in [4.78, 5) is 31.0. The average Bonchev–Trinajstić information content (AvgIpc) is 2.61. The number of nitrogens with zero attached hydrogens (tertiary/aromatic N) is 3. The molecule has 1 aliphatic rings. The molecular weight excluding hydrogens is 306 g/mol. The molecule has 0 saturated carbocycles. The largest absolute Gasteiger partial charge is 0.396 e. The standard InChI is InChI=1S/C18H23N3O3/c1-13-3-2-4-15-17(13)19-12-21(18(15)24)10-7-16(23)20-8-5-14(11-22)6-9-20/h2-4,12,14,22H,5-11H2,1H3. The molecular formula is C18H23N3O3. The van der Waals surface area contributed by atoms with Crippen molar-refractivity contribution in [3.05, 3.63) is 40.4 Å². The molecule has 2 aromatic rings. The molecule has 1 aromatic carbocycles. The number of aliphatic hydroxyl groups is 1. The minimum Gasteiger partial charge on any atom is -0.396 e. The van der Waals surface area contributed by atoms with Gasteiger partial charge in [0.2, 0.25) is 5.91 Å². The molecule has 1 saturated heterocycles. The zero-order valence-corrected chi connectivity index (χ0v) is 13.9. The van der Waals surface area contributed by atoms with Crippen LogP contribution in [0.25, 0.3) is 10.9 Å². The zero-order valence-electron chi connectivity index (χ0n) is 13.9. The maximum Gasteiger partial charge on any atom is 0.261 e. The van der Waals surface area contributed by atoms with E-state index in [0.717, 1.165) is 23.9 Å². The maximum absolute atomic E-state index is 12.5. The first-order chi connectivity index (χ1) is 11.6. The quantitative estimate of drug-likeness (QED) is 0.918. The van der Waals surface area contributed by atoms with Gasteiger partial charge < -0.3 is 10.0 Å². The summed E-state index contributed by atoms with van der Waals surface area (Å²) in [6.07, 6.45) is 3.52. The van der Waals surface area contributed by atoms with Crippen molar-refractivity contribution in [2.75, 3.05) is 19.7 Å². The van der Waals surface area contributed by atoms with Crippen molar-refractivity contribution in [2.45, 2.75) is 32.7 Å². The maximum atomic E-state index is 12.5. The SMILES string of the molecule is Cc1cccc2c(=O)n(CCC(=O)N3CCC(CO)CC3)cnc12. The number of rotatable bonds is 4. The van der Waals surface area contributed by atoms with Crippen LogP contribution in [0.15, 0.2) is 29.3 Å². The second-order valence-electron chi connectivity index (χ2n) is 6.47. The van der Waals surface area contributed by atoms with E-state index in [0.29, 0.717) is 37.4 Å². The van der Waals surface area contributed by atoms with Gasteiger partial charge in [0.25, 0.3) is 5.56 Å². The number of benzene rings is 1. The number of hydrogen-bond donors (Lipinski definition) is 1. The van der Waals surface area contributed by atoms with Crippen LogP contribution in [0.4, 0.5) is 0 Å². The lowest BCUT2D eigenvalue weighted by Gasteiger charge is -2.31. The van der Waals surface area contributed by atoms with E-state index in [2.05, 4.69) is 4.98 Å². The molecule has 0 aliphatic carbocycles. The summed E-state index contributed by atoms with van der Waals surface area (Å²) in [7, 11) is 0. The van der Waals surface area contributed by atoms with Crippen molar-refractivity contribution in [2.24, 2.45) is 5.92 Å². The van der Waals surface area contributed by atoms with Crippen molar-refractivity contribution >= 4 is 16.8 Å². The number of aryl methyl sites for hydroxylation is 2. The Morgan fingerprint density at radius 2 is 2.08 bits per heavy atom. The molecule has 24 heavy (non-hydrogen) atoms. The van der Waals surface area contributed by atoms with Crippen LogP contribution in [0.5, 0.6) is 0 Å². The van der Waals surface area contributed by atoms with E-state index in [4.69, 9.17) is 5.11 Å². The van der Waals surface area contributed by atoms with Gasteiger partial charge in [-0.2, -0.15) is 0 Å². The van der Waals surface area contributed by atoms with E-state index in [9.17, 15) is 9.59 Å². The predicted octanol–water partition coefficient (Wildman–Crippen LogP) is 1.33. The van der Waals surface area contributed by atoms with Crippen LogP contribution in [0.3, 0.4) is 0 Å². The van der Waals surface area contributed by atoms with Gasteiger partial charge in [0.05, 0.1) is 17.2 Å². The van der Waals surface area contributed by atoms with Crippen LogP contribution in [-0.4, -0.2) is 45.2 Å². The molecule has 0 spiro atoms. The van der Waals surface area contributed by atoms with Crippen LogP contribution < -0.4 is 5.56 Å². The van der Waals surface area contributed by atoms with E-state index in [1.165, 1.54) is 10.9 Å². The molecule has 1 fully saturated rings. The van der Waals surface area contributed by atoms with Gasteiger partial charge in [0.1, 0.15) is 0 Å². The summed E-state index contributed by atoms with van der Waals surface area (Å²) in [5.41, 5.74) is 1.59. The Morgan fingerprint density at radius 1 is 1.33 bits per heavy atom. The topological polar surface area (TPSA) is 75.4 Å². The number of carbonyl (C=O) groups excluding carboxylic acids is 1. The van der Waals surface area contributed by atoms with Crippen LogP contribution in [0.1, 0.15) is 24.8 Å². The highest BCUT2D eigenvalue weighted by atomic mass is 16.3. The zero-order chi connectivity index (χ0) is 17.1. The number of carbonyl (C=O) groups is 1. The third-order valence-corrected chi connectivity index (χ3v) is 4.85. The Labute approximate surface area is 140 Å². The Morgan fingerprint density at radius 3 is 2.79 bits per heavy atom. The van der Waals surface area contributed by atoms with Crippen molar-refractivity contribution in [3.8, 4) is 0 Å². The summed E-state index contributed by atoms with van der Waals surface area (Å²) >= 11 is 0. The number of hydrogen-bond acceptors (Lipinski definition) is 4. The molecule has 6 heteroatoms. The fraction of sp³-hybridized carbons (Fsp3) is 0.500. The van der Waals surface area contributed by atoms with Crippen LogP contribution in [0.2, 0.25) is 0 Å². The van der Waals surface area contributed by atoms with E-state index in [-0.39, 0.29) is 18.1 Å². The predicted molar refractivity (Wildman–Crippen MR) is 91.7 cm³/mol. The van der Waals surface area contributed by atoms with Gasteiger partial charge in [-0.1, -0.05) is 12.1 Å². The molecule has 128 valence electrons. The fourth-order valence-electron chi connectivity index (χ4n) is 3.24. The fourth-order valence-corrected chi connectivity index (χ4v) is 3.24. The second kappa shape index (κ2) is 7.13. The molecule has 2 heterocycles. The number of piperidine rings is 1. The number of amides is 1. The minimum atomic E-state index is -0.101. The molecule has 1 amide bonds. The Balaban J connectivity index is 1.67. The average molecular weight is 329 g/mol. The molecule has 0 bridgehead atoms. The van der Waals surface area contributed by atoms with Crippen molar-refractivity contribution in [3.63, 3.8) is 0 Å². The number of aromatic nitrogens is 2. The lowest BCUT2D eigenvalue weighted by atomic mass is 9.98. The van der Waals surface area contributed by atoms with Gasteiger partial charge in [-0.05, 0) is 37.3 Å². The molecule has 6 nitrogen and oxygen atoms in total. The lowest BCUT2D eigenvalue weighted by Crippen LogP contribution is -2.39. The second-order valence-corrected chi connectivity index (χ2v) is 6.47. The van der Waals surface area contributed by atoms with E-state index in [1.807, 2.05) is 24.0 Å². The highest BCUT2D eigenvalue weighted by Crippen LogP contribution is 2.17. The number of likely N-dealkylation sites (tertiary alicyclic amines) is 1. The normalized spacial score (nSPS) is 15.8. The third-order valence-electron chi connectivity index (χ3n) is 4.85. The van der Waals surface area contributed by atoms with Crippen LogP contribution in [0, 0.1) is 12.8 Å². The van der Waals surface area contributed by atoms with Crippen LogP contribution in [-0.2, 0) is 11.3 Å². The molecule has 1 N–H and O–H groups in total. The van der Waals surface area contributed by atoms with E-state index in [1.54, 1.807) is 6.07 Å². The molecule has 1 aliphatic heterocycles. The first-order valence-electron chi connectivity index (χ1n) is 8.43. The monoisotopic (exact) mass is 329 g/mol. The first-order valence-corrected chi connectivity index (χ1v) is 8.43. The Hall–Kier alpha value is -2.21. The molecule has 0 atom stereocenters. The molecule has 1 aromatic heterocycles. The van der Waals surface area contributed by atoms with Gasteiger partial charge in [-0.15, -0.1) is 0 Å². The minimum absolute atomic E-state index is 0.0580. The molecule has 0 unspecified atom stereocenters. The summed E-state index contributed by atoms with van der Waals surface area (Å²) < 4.78 is 1.51. The van der Waals surface area contributed by atoms with Crippen molar-refractivity contribution in [1.29, 1.82) is 0 Å². The van der Waals surface area contributed by atoms with Gasteiger partial charge >= 0.3 is 0 Å². The first kappa shape index (κ1) is 16.6. The summed E-state index contributed by atoms with van der Waals surface area (Å²) in [5, 5.41) is 9.75. The smallest absolute Gasteiger partial charge is 0.261 e. The van der Waals surface area contributed by atoms with Crippen LogP contribution >= 0.6 is 0 Å². The van der Waals surface area contributed by atoms with Gasteiger partial charge in [0.15, 0.2) is 0 Å². The van der Waals surface area contributed by atoms with Gasteiger partial charge in [-0.25, -0.2) is 4.98 Å². The summed E-state index contributed by atoms with van der Waals surface area (Å²) in [6.45, 7) is 3.84. The number of para-hydroxylation sites is 1. The number of fused-ring (bicyclic) bond motifs is 1. The van der Waals surface area contributed by atoms with Crippen molar-refractivity contribution in [1.82, 2.24) is 14.5 Å².